The summed E-state index contributed by atoms with van der Waals surface area (Å²) in [6.45, 7) is 0.806. The molecule has 7 heteroatoms. The van der Waals surface area contributed by atoms with E-state index in [0.717, 1.165) is 11.4 Å². The van der Waals surface area contributed by atoms with Gasteiger partial charge in [0.2, 0.25) is 5.95 Å². The molecule has 0 fully saturated rings. The van der Waals surface area contributed by atoms with Crippen molar-refractivity contribution in [2.24, 2.45) is 5.10 Å². The van der Waals surface area contributed by atoms with Gasteiger partial charge in [-0.2, -0.15) is 13.9 Å². The second kappa shape index (κ2) is 6.74. The molecule has 0 spiro atoms. The number of alkyl halides is 2. The zero-order valence-corrected chi connectivity index (χ0v) is 11.5. The first kappa shape index (κ1) is 14.8. The number of hydrazone groups is 1. The monoisotopic (exact) mass is 292 g/mol. The smallest absolute Gasteiger partial charge is 0.387 e. The summed E-state index contributed by atoms with van der Waals surface area (Å²) in [6, 6.07) is 8.20. The lowest BCUT2D eigenvalue weighted by Gasteiger charge is -2.07. The predicted octanol–water partition coefficient (Wildman–Crippen LogP) is 3.14. The summed E-state index contributed by atoms with van der Waals surface area (Å²) in [4.78, 5) is 8.30. The van der Waals surface area contributed by atoms with Crippen molar-refractivity contribution in [3.8, 4) is 5.75 Å². The molecule has 0 amide bonds. The SMILES string of the molecule is Cc1cc(C)nc(N/N=C/c2ccccc2OC(F)F)n1. The third-order valence-electron chi connectivity index (χ3n) is 2.49. The number of hydrogen-bond donors (Lipinski definition) is 1. The van der Waals surface area contributed by atoms with Crippen molar-refractivity contribution in [3.05, 3.63) is 47.3 Å². The van der Waals surface area contributed by atoms with Gasteiger partial charge >= 0.3 is 6.61 Å². The molecular formula is C14H14F2N4O. The van der Waals surface area contributed by atoms with Crippen LogP contribution in [-0.2, 0) is 0 Å². The Balaban J connectivity index is 2.11. The Kier molecular flexibility index (Phi) is 4.76. The Bertz CT molecular complexity index is 626. The second-order valence-electron chi connectivity index (χ2n) is 4.26. The second-order valence-corrected chi connectivity index (χ2v) is 4.26. The number of benzene rings is 1. The lowest BCUT2D eigenvalue weighted by molar-refractivity contribution is -0.0499. The zero-order chi connectivity index (χ0) is 15.2. The molecule has 2 aromatic rings. The third kappa shape index (κ3) is 4.48. The lowest BCUT2D eigenvalue weighted by atomic mass is 10.2. The molecule has 1 N–H and O–H groups in total. The lowest BCUT2D eigenvalue weighted by Crippen LogP contribution is -2.05. The van der Waals surface area contributed by atoms with E-state index >= 15 is 0 Å². The molecule has 2 rings (SSSR count). The van der Waals surface area contributed by atoms with Crippen LogP contribution in [0.1, 0.15) is 17.0 Å². The van der Waals surface area contributed by atoms with E-state index in [1.54, 1.807) is 18.2 Å². The van der Waals surface area contributed by atoms with Crippen LogP contribution in [0.4, 0.5) is 14.7 Å². The Hall–Kier alpha value is -2.57. The van der Waals surface area contributed by atoms with Gasteiger partial charge in [-0.1, -0.05) is 12.1 Å². The number of nitrogens with zero attached hydrogens (tertiary/aromatic N) is 3. The summed E-state index contributed by atoms with van der Waals surface area (Å²) >= 11 is 0. The van der Waals surface area contributed by atoms with E-state index in [0.29, 0.717) is 11.5 Å². The average molecular weight is 292 g/mol. The summed E-state index contributed by atoms with van der Waals surface area (Å²) in [5.74, 6) is 0.399. The van der Waals surface area contributed by atoms with Gasteiger partial charge in [0.1, 0.15) is 5.75 Å². The largest absolute Gasteiger partial charge is 0.434 e. The first-order chi connectivity index (χ1) is 10.0. The van der Waals surface area contributed by atoms with Crippen molar-refractivity contribution in [1.29, 1.82) is 0 Å². The van der Waals surface area contributed by atoms with Crippen LogP contribution in [0.15, 0.2) is 35.4 Å². The van der Waals surface area contributed by atoms with E-state index in [9.17, 15) is 8.78 Å². The Morgan fingerprint density at radius 3 is 2.52 bits per heavy atom. The molecule has 1 aromatic carbocycles. The van der Waals surface area contributed by atoms with Gasteiger partial charge in [0.25, 0.3) is 0 Å². The van der Waals surface area contributed by atoms with Crippen LogP contribution in [-0.4, -0.2) is 22.8 Å². The fourth-order valence-electron chi connectivity index (χ4n) is 1.73. The maximum Gasteiger partial charge on any atom is 0.387 e. The molecule has 110 valence electrons. The number of halogens is 2. The van der Waals surface area contributed by atoms with Gasteiger partial charge in [0.15, 0.2) is 0 Å². The maximum absolute atomic E-state index is 12.3. The highest BCUT2D eigenvalue weighted by atomic mass is 19.3. The van der Waals surface area contributed by atoms with Crippen molar-refractivity contribution >= 4 is 12.2 Å². The van der Waals surface area contributed by atoms with Crippen molar-refractivity contribution < 1.29 is 13.5 Å². The summed E-state index contributed by atoms with van der Waals surface area (Å²) in [5.41, 5.74) is 4.70. The minimum absolute atomic E-state index is 0.0550. The standard InChI is InChI=1S/C14H14F2N4O/c1-9-7-10(2)19-14(18-9)20-17-8-11-5-3-4-6-12(11)21-13(15)16/h3-8,13H,1-2H3,(H,18,19,20)/b17-8+. The van der Waals surface area contributed by atoms with E-state index < -0.39 is 6.61 Å². The number of anilines is 1. The number of aromatic nitrogens is 2. The summed E-state index contributed by atoms with van der Waals surface area (Å²) in [5, 5.41) is 3.94. The van der Waals surface area contributed by atoms with Gasteiger partial charge < -0.3 is 4.74 Å². The molecule has 0 radical (unpaired) electrons. The van der Waals surface area contributed by atoms with Crippen molar-refractivity contribution in [1.82, 2.24) is 9.97 Å². The highest BCUT2D eigenvalue weighted by Gasteiger charge is 2.07. The zero-order valence-electron chi connectivity index (χ0n) is 11.5. The highest BCUT2D eigenvalue weighted by Crippen LogP contribution is 2.18. The molecular weight excluding hydrogens is 278 g/mol. The third-order valence-corrected chi connectivity index (χ3v) is 2.49. The first-order valence-electron chi connectivity index (χ1n) is 6.20. The molecule has 0 aliphatic heterocycles. The Morgan fingerprint density at radius 1 is 1.19 bits per heavy atom. The van der Waals surface area contributed by atoms with Gasteiger partial charge in [-0.25, -0.2) is 15.4 Å². The van der Waals surface area contributed by atoms with E-state index in [4.69, 9.17) is 0 Å². The molecule has 0 saturated heterocycles. The Morgan fingerprint density at radius 2 is 1.86 bits per heavy atom. The number of para-hydroxylation sites is 1. The molecule has 0 saturated carbocycles. The predicted molar refractivity (Wildman–Crippen MR) is 75.8 cm³/mol. The minimum atomic E-state index is -2.88. The quantitative estimate of drug-likeness (QED) is 0.679. The molecule has 0 aliphatic rings. The molecule has 1 heterocycles. The molecule has 1 aromatic heterocycles. The van der Waals surface area contributed by atoms with Crippen LogP contribution in [0.3, 0.4) is 0 Å². The highest BCUT2D eigenvalue weighted by molar-refractivity contribution is 5.83. The van der Waals surface area contributed by atoms with E-state index in [-0.39, 0.29) is 5.75 Å². The normalized spacial score (nSPS) is 11.1. The first-order valence-corrected chi connectivity index (χ1v) is 6.20. The Labute approximate surface area is 120 Å². The van der Waals surface area contributed by atoms with Crippen LogP contribution >= 0.6 is 0 Å². The van der Waals surface area contributed by atoms with Gasteiger partial charge in [0, 0.05) is 17.0 Å². The van der Waals surface area contributed by atoms with Crippen LogP contribution in [0.25, 0.3) is 0 Å². The molecule has 0 aliphatic carbocycles. The summed E-state index contributed by atoms with van der Waals surface area (Å²) in [6.07, 6.45) is 1.37. The van der Waals surface area contributed by atoms with Crippen molar-refractivity contribution in [2.45, 2.75) is 20.5 Å². The molecule has 21 heavy (non-hydrogen) atoms. The molecule has 0 unspecified atom stereocenters. The molecule has 0 atom stereocenters. The van der Waals surface area contributed by atoms with Gasteiger partial charge in [-0.05, 0) is 32.0 Å². The molecule has 0 bridgehead atoms. The molecule has 5 nitrogen and oxygen atoms in total. The summed E-state index contributed by atoms with van der Waals surface area (Å²) < 4.78 is 29.0. The number of aryl methyl sites for hydroxylation is 2. The van der Waals surface area contributed by atoms with Crippen molar-refractivity contribution in [3.63, 3.8) is 0 Å². The minimum Gasteiger partial charge on any atom is -0.434 e. The average Bonchev–Trinajstić information content (AvgIpc) is 2.39. The van der Waals surface area contributed by atoms with Gasteiger partial charge in [0.05, 0.1) is 6.21 Å². The topological polar surface area (TPSA) is 59.4 Å². The van der Waals surface area contributed by atoms with E-state index in [2.05, 4.69) is 25.2 Å². The van der Waals surface area contributed by atoms with Crippen LogP contribution in [0.5, 0.6) is 5.75 Å². The maximum atomic E-state index is 12.3. The summed E-state index contributed by atoms with van der Waals surface area (Å²) in [7, 11) is 0. The van der Waals surface area contributed by atoms with Gasteiger partial charge in [-0.3, -0.25) is 0 Å². The van der Waals surface area contributed by atoms with Crippen molar-refractivity contribution in [2.75, 3.05) is 5.43 Å². The van der Waals surface area contributed by atoms with E-state index in [1.165, 1.54) is 12.3 Å². The number of rotatable bonds is 5. The fraction of sp³-hybridized carbons (Fsp3) is 0.214. The van der Waals surface area contributed by atoms with Crippen LogP contribution in [0, 0.1) is 13.8 Å². The number of ether oxygens (including phenoxy) is 1. The number of nitrogens with one attached hydrogen (secondary N) is 1. The van der Waals surface area contributed by atoms with Gasteiger partial charge in [-0.15, -0.1) is 0 Å². The van der Waals surface area contributed by atoms with Crippen LogP contribution in [0.2, 0.25) is 0 Å². The fourth-order valence-corrected chi connectivity index (χ4v) is 1.73. The van der Waals surface area contributed by atoms with E-state index in [1.807, 2.05) is 19.9 Å². The van der Waals surface area contributed by atoms with Crippen LogP contribution < -0.4 is 10.2 Å². The number of hydrogen-bond acceptors (Lipinski definition) is 5.